The van der Waals surface area contributed by atoms with Gasteiger partial charge in [-0.15, -0.1) is 0 Å². The topological polar surface area (TPSA) is 46.2 Å². The summed E-state index contributed by atoms with van der Waals surface area (Å²) in [5.74, 6) is 0.497. The quantitative estimate of drug-likeness (QED) is 0.783. The van der Waals surface area contributed by atoms with Crippen LogP contribution in [0.3, 0.4) is 0 Å². The summed E-state index contributed by atoms with van der Waals surface area (Å²) in [6.07, 6.45) is 0. The number of benzene rings is 2. The van der Waals surface area contributed by atoms with Gasteiger partial charge in [0.1, 0.15) is 0 Å². The molecule has 25 heavy (non-hydrogen) atoms. The molecule has 2 aromatic carbocycles. The summed E-state index contributed by atoms with van der Waals surface area (Å²) in [5, 5.41) is 3.01. The van der Waals surface area contributed by atoms with E-state index in [0.717, 1.165) is 16.7 Å². The van der Waals surface area contributed by atoms with Gasteiger partial charge in [-0.1, -0.05) is 62.4 Å². The highest BCUT2D eigenvalue weighted by Gasteiger charge is 2.29. The van der Waals surface area contributed by atoms with E-state index in [1.165, 1.54) is 0 Å². The zero-order valence-corrected chi connectivity index (χ0v) is 15.7. The van der Waals surface area contributed by atoms with Crippen LogP contribution in [0.5, 0.6) is 0 Å². The number of amides is 1. The first-order valence-corrected chi connectivity index (χ1v) is 8.72. The Kier molecular flexibility index (Phi) is 5.78. The number of hydrogen-bond acceptors (Lipinski definition) is 2. The Morgan fingerprint density at radius 2 is 1.60 bits per heavy atom. The van der Waals surface area contributed by atoms with Crippen molar-refractivity contribution in [3.8, 4) is 11.1 Å². The van der Waals surface area contributed by atoms with E-state index >= 15 is 0 Å². The van der Waals surface area contributed by atoms with E-state index in [4.69, 9.17) is 0 Å². The highest BCUT2D eigenvalue weighted by molar-refractivity contribution is 6.00. The lowest BCUT2D eigenvalue weighted by Crippen LogP contribution is -2.41. The maximum absolute atomic E-state index is 12.5. The zero-order chi connectivity index (χ0) is 18.6. The second kappa shape index (κ2) is 7.64. The summed E-state index contributed by atoms with van der Waals surface area (Å²) in [7, 11) is 0. The number of carbonyl (C=O) groups is 2. The second-order valence-electron chi connectivity index (χ2n) is 7.41. The van der Waals surface area contributed by atoms with Crippen molar-refractivity contribution >= 4 is 11.7 Å². The van der Waals surface area contributed by atoms with Gasteiger partial charge < -0.3 is 5.32 Å². The third-order valence-corrected chi connectivity index (χ3v) is 4.46. The minimum absolute atomic E-state index is 0.0260. The molecule has 2 aromatic rings. The van der Waals surface area contributed by atoms with Crippen LogP contribution in [0.4, 0.5) is 0 Å². The van der Waals surface area contributed by atoms with Crippen LogP contribution >= 0.6 is 0 Å². The Morgan fingerprint density at radius 3 is 2.16 bits per heavy atom. The van der Waals surface area contributed by atoms with E-state index in [9.17, 15) is 9.59 Å². The molecule has 0 atom stereocenters. The van der Waals surface area contributed by atoms with Crippen LogP contribution in [0.15, 0.2) is 48.5 Å². The maximum Gasteiger partial charge on any atom is 0.230 e. The summed E-state index contributed by atoms with van der Waals surface area (Å²) in [4.78, 5) is 24.3. The van der Waals surface area contributed by atoms with E-state index in [2.05, 4.69) is 19.2 Å². The minimum atomic E-state index is -0.604. The van der Waals surface area contributed by atoms with Gasteiger partial charge >= 0.3 is 0 Å². The van der Waals surface area contributed by atoms with Gasteiger partial charge in [0.15, 0.2) is 5.78 Å². The predicted molar refractivity (Wildman–Crippen MR) is 103 cm³/mol. The molecule has 132 valence electrons. The minimum Gasteiger partial charge on any atom is -0.355 e. The standard InChI is InChI=1S/C22H27NO2/c1-15(2)14-23-21(25)22(4,5)18-12-10-17(11-13-18)20-9-7-6-8-19(20)16(3)24/h6-13,15H,14H2,1-5H3,(H,23,25). The Bertz CT molecular complexity index is 758. The lowest BCUT2D eigenvalue weighted by molar-refractivity contribution is -0.125. The molecule has 0 aliphatic carbocycles. The molecule has 0 saturated carbocycles. The van der Waals surface area contributed by atoms with E-state index in [0.29, 0.717) is 18.0 Å². The van der Waals surface area contributed by atoms with Crippen molar-refractivity contribution in [1.82, 2.24) is 5.32 Å². The summed E-state index contributed by atoms with van der Waals surface area (Å²) >= 11 is 0. The smallest absolute Gasteiger partial charge is 0.230 e. The van der Waals surface area contributed by atoms with Gasteiger partial charge in [0.2, 0.25) is 5.91 Å². The monoisotopic (exact) mass is 337 g/mol. The highest BCUT2D eigenvalue weighted by atomic mass is 16.2. The fraction of sp³-hybridized carbons (Fsp3) is 0.364. The van der Waals surface area contributed by atoms with Gasteiger partial charge in [-0.2, -0.15) is 0 Å². The van der Waals surface area contributed by atoms with E-state index in [1.807, 2.05) is 62.4 Å². The molecule has 2 rings (SSSR count). The molecular formula is C22H27NO2. The summed E-state index contributed by atoms with van der Waals surface area (Å²) in [6, 6.07) is 15.5. The Hall–Kier alpha value is -2.42. The molecule has 3 nitrogen and oxygen atoms in total. The van der Waals surface area contributed by atoms with Crippen LogP contribution in [0.2, 0.25) is 0 Å². The predicted octanol–water partition coefficient (Wildman–Crippen LogP) is 4.61. The first-order chi connectivity index (χ1) is 11.7. The Morgan fingerprint density at radius 1 is 1.00 bits per heavy atom. The third kappa shape index (κ3) is 4.36. The normalized spacial score (nSPS) is 11.4. The highest BCUT2D eigenvalue weighted by Crippen LogP contribution is 2.29. The molecule has 0 spiro atoms. The summed E-state index contributed by atoms with van der Waals surface area (Å²) in [6.45, 7) is 10.3. The molecule has 3 heteroatoms. The van der Waals surface area contributed by atoms with Crippen molar-refractivity contribution in [2.24, 2.45) is 5.92 Å². The van der Waals surface area contributed by atoms with E-state index < -0.39 is 5.41 Å². The summed E-state index contributed by atoms with van der Waals surface area (Å²) in [5.41, 5.74) is 2.96. The Balaban J connectivity index is 2.28. The average molecular weight is 337 g/mol. The molecule has 0 heterocycles. The van der Waals surface area contributed by atoms with Gasteiger partial charge in [-0.05, 0) is 43.4 Å². The number of carbonyl (C=O) groups excluding carboxylic acids is 2. The van der Waals surface area contributed by atoms with Crippen molar-refractivity contribution < 1.29 is 9.59 Å². The fourth-order valence-electron chi connectivity index (χ4n) is 2.76. The lowest BCUT2D eigenvalue weighted by atomic mass is 9.82. The molecule has 0 saturated heterocycles. The SMILES string of the molecule is CC(=O)c1ccccc1-c1ccc(C(C)(C)C(=O)NCC(C)C)cc1. The first-order valence-electron chi connectivity index (χ1n) is 8.72. The van der Waals surface area contributed by atoms with Crippen LogP contribution in [-0.4, -0.2) is 18.2 Å². The molecule has 0 bridgehead atoms. The van der Waals surface area contributed by atoms with Gasteiger partial charge in [-0.25, -0.2) is 0 Å². The molecular weight excluding hydrogens is 310 g/mol. The average Bonchev–Trinajstić information content (AvgIpc) is 2.59. The van der Waals surface area contributed by atoms with Crippen LogP contribution in [-0.2, 0) is 10.2 Å². The fourth-order valence-corrected chi connectivity index (χ4v) is 2.76. The molecule has 0 aliphatic rings. The van der Waals surface area contributed by atoms with Crippen LogP contribution in [0, 0.1) is 5.92 Å². The van der Waals surface area contributed by atoms with Crippen LogP contribution < -0.4 is 5.32 Å². The van der Waals surface area contributed by atoms with Gasteiger partial charge in [-0.3, -0.25) is 9.59 Å². The largest absolute Gasteiger partial charge is 0.355 e. The number of hydrogen-bond donors (Lipinski definition) is 1. The number of rotatable bonds is 6. The zero-order valence-electron chi connectivity index (χ0n) is 15.7. The van der Waals surface area contributed by atoms with Crippen molar-refractivity contribution in [1.29, 1.82) is 0 Å². The molecule has 0 unspecified atom stereocenters. The van der Waals surface area contributed by atoms with Crippen LogP contribution in [0.1, 0.15) is 50.5 Å². The van der Waals surface area contributed by atoms with Crippen molar-refractivity contribution in [3.63, 3.8) is 0 Å². The second-order valence-corrected chi connectivity index (χ2v) is 7.41. The third-order valence-electron chi connectivity index (χ3n) is 4.46. The van der Waals surface area contributed by atoms with Crippen LogP contribution in [0.25, 0.3) is 11.1 Å². The maximum atomic E-state index is 12.5. The molecule has 0 aliphatic heterocycles. The van der Waals surface area contributed by atoms with Gasteiger partial charge in [0.25, 0.3) is 0 Å². The number of Topliss-reactive ketones (excluding diaryl/α,β-unsaturated/α-hetero) is 1. The molecule has 0 fully saturated rings. The van der Waals surface area contributed by atoms with E-state index in [-0.39, 0.29) is 11.7 Å². The molecule has 1 N–H and O–H groups in total. The van der Waals surface area contributed by atoms with Crippen molar-refractivity contribution in [2.45, 2.75) is 40.0 Å². The van der Waals surface area contributed by atoms with Crippen molar-refractivity contribution in [2.75, 3.05) is 6.54 Å². The molecule has 0 radical (unpaired) electrons. The molecule has 1 amide bonds. The number of ketones is 1. The lowest BCUT2D eigenvalue weighted by Gasteiger charge is -2.25. The van der Waals surface area contributed by atoms with Crippen molar-refractivity contribution in [3.05, 3.63) is 59.7 Å². The summed E-state index contributed by atoms with van der Waals surface area (Å²) < 4.78 is 0. The number of nitrogens with one attached hydrogen (secondary N) is 1. The first kappa shape index (κ1) is 18.9. The van der Waals surface area contributed by atoms with Gasteiger partial charge in [0, 0.05) is 12.1 Å². The molecule has 0 aromatic heterocycles. The van der Waals surface area contributed by atoms with E-state index in [1.54, 1.807) is 6.92 Å². The van der Waals surface area contributed by atoms with Gasteiger partial charge in [0.05, 0.1) is 5.41 Å². The Labute approximate surface area is 150 Å².